The van der Waals surface area contributed by atoms with Gasteiger partial charge < -0.3 is 5.32 Å². The maximum atomic E-state index is 4.11. The first-order valence-corrected chi connectivity index (χ1v) is 7.10. The molecule has 17 heavy (non-hydrogen) atoms. The van der Waals surface area contributed by atoms with Crippen molar-refractivity contribution in [2.45, 2.75) is 39.2 Å². The third kappa shape index (κ3) is 5.05. The molecule has 0 aliphatic rings. The molecule has 1 atom stereocenters. The summed E-state index contributed by atoms with van der Waals surface area (Å²) in [6.07, 6.45) is 3.18. The van der Waals surface area contributed by atoms with Gasteiger partial charge in [-0.2, -0.15) is 0 Å². The highest BCUT2D eigenvalue weighted by Crippen LogP contribution is 2.19. The number of likely N-dealkylation sites (N-methyl/N-ethyl adjacent to an activating group) is 1. The molecule has 0 fully saturated rings. The van der Waals surface area contributed by atoms with E-state index in [1.165, 1.54) is 15.6 Å². The lowest BCUT2D eigenvalue weighted by atomic mass is 9.98. The van der Waals surface area contributed by atoms with E-state index in [2.05, 4.69) is 65.9 Å². The van der Waals surface area contributed by atoms with Crippen molar-refractivity contribution >= 4 is 15.9 Å². The zero-order chi connectivity index (χ0) is 12.7. The lowest BCUT2D eigenvalue weighted by Crippen LogP contribution is -2.31. The van der Waals surface area contributed by atoms with Crippen LogP contribution in [0.2, 0.25) is 0 Å². The molecule has 1 N–H and O–H groups in total. The second-order valence-electron chi connectivity index (χ2n) is 4.36. The lowest BCUT2D eigenvalue weighted by Gasteiger charge is -2.19. The molecule has 1 aromatic rings. The minimum atomic E-state index is 0.492. The summed E-state index contributed by atoms with van der Waals surface area (Å²) in [5.41, 5.74) is 2.69. The third-order valence-corrected chi connectivity index (χ3v) is 3.73. The van der Waals surface area contributed by atoms with Gasteiger partial charge in [0.25, 0.3) is 0 Å². The Kier molecular flexibility index (Phi) is 6.53. The molecule has 1 rings (SSSR count). The molecule has 0 saturated carbocycles. The summed E-state index contributed by atoms with van der Waals surface area (Å²) < 4.78 is 1.20. The average Bonchev–Trinajstić information content (AvgIpc) is 2.32. The number of nitrogens with one attached hydrogen (secondary N) is 1. The van der Waals surface area contributed by atoms with E-state index in [0.717, 1.165) is 25.8 Å². The van der Waals surface area contributed by atoms with Crippen LogP contribution in [0, 0.1) is 0 Å². The molecule has 0 radical (unpaired) electrons. The zero-order valence-electron chi connectivity index (χ0n) is 10.8. The van der Waals surface area contributed by atoms with Gasteiger partial charge in [0, 0.05) is 10.5 Å². The van der Waals surface area contributed by atoms with Crippen LogP contribution >= 0.6 is 15.9 Å². The number of benzene rings is 1. The van der Waals surface area contributed by atoms with E-state index in [-0.39, 0.29) is 0 Å². The van der Waals surface area contributed by atoms with Crippen LogP contribution in [0.25, 0.3) is 0 Å². The number of hydrogen-bond acceptors (Lipinski definition) is 1. The SMILES string of the molecule is C=C(CC)CC(Cc1ccccc1Br)NCC. The smallest absolute Gasteiger partial charge is 0.0207 e. The summed E-state index contributed by atoms with van der Waals surface area (Å²) in [7, 11) is 0. The predicted molar refractivity (Wildman–Crippen MR) is 79.4 cm³/mol. The fourth-order valence-electron chi connectivity index (χ4n) is 1.93. The molecule has 2 heteroatoms. The van der Waals surface area contributed by atoms with E-state index < -0.39 is 0 Å². The van der Waals surface area contributed by atoms with Gasteiger partial charge in [-0.1, -0.05) is 60.1 Å². The molecule has 1 nitrogen and oxygen atoms in total. The van der Waals surface area contributed by atoms with Crippen LogP contribution in [0.5, 0.6) is 0 Å². The van der Waals surface area contributed by atoms with E-state index in [1.54, 1.807) is 0 Å². The molecule has 0 spiro atoms. The van der Waals surface area contributed by atoms with Crippen LogP contribution in [-0.4, -0.2) is 12.6 Å². The van der Waals surface area contributed by atoms with E-state index >= 15 is 0 Å². The number of halogens is 1. The van der Waals surface area contributed by atoms with Gasteiger partial charge in [-0.25, -0.2) is 0 Å². The Bertz CT molecular complexity index is 360. The van der Waals surface area contributed by atoms with Gasteiger partial charge in [-0.3, -0.25) is 0 Å². The molecule has 0 aliphatic carbocycles. The first-order chi connectivity index (χ1) is 8.17. The Morgan fingerprint density at radius 1 is 1.35 bits per heavy atom. The molecule has 0 aliphatic heterocycles. The van der Waals surface area contributed by atoms with Gasteiger partial charge in [-0.15, -0.1) is 0 Å². The van der Waals surface area contributed by atoms with Gasteiger partial charge in [0.05, 0.1) is 0 Å². The highest BCUT2D eigenvalue weighted by atomic mass is 79.9. The molecular formula is C15H22BrN. The summed E-state index contributed by atoms with van der Waals surface area (Å²) >= 11 is 3.61. The topological polar surface area (TPSA) is 12.0 Å². The fourth-order valence-corrected chi connectivity index (χ4v) is 2.37. The largest absolute Gasteiger partial charge is 0.314 e. The van der Waals surface area contributed by atoms with E-state index in [4.69, 9.17) is 0 Å². The number of rotatable bonds is 7. The molecule has 0 aromatic heterocycles. The van der Waals surface area contributed by atoms with Crippen LogP contribution in [-0.2, 0) is 6.42 Å². The van der Waals surface area contributed by atoms with Gasteiger partial charge in [0.1, 0.15) is 0 Å². The summed E-state index contributed by atoms with van der Waals surface area (Å²) in [5, 5.41) is 3.54. The molecule has 1 aromatic carbocycles. The maximum absolute atomic E-state index is 4.11. The normalized spacial score (nSPS) is 12.4. The molecule has 1 unspecified atom stereocenters. The van der Waals surface area contributed by atoms with Crippen molar-refractivity contribution in [3.05, 3.63) is 46.5 Å². The van der Waals surface area contributed by atoms with Crippen molar-refractivity contribution in [1.82, 2.24) is 5.32 Å². The predicted octanol–water partition coefficient (Wildman–Crippen LogP) is 4.33. The van der Waals surface area contributed by atoms with Crippen LogP contribution in [0.4, 0.5) is 0 Å². The van der Waals surface area contributed by atoms with Gasteiger partial charge in [-0.05, 0) is 37.4 Å². The summed E-state index contributed by atoms with van der Waals surface area (Å²) in [6, 6.07) is 8.93. The molecule has 0 heterocycles. The van der Waals surface area contributed by atoms with Crippen molar-refractivity contribution in [1.29, 1.82) is 0 Å². The zero-order valence-corrected chi connectivity index (χ0v) is 12.4. The first-order valence-electron chi connectivity index (χ1n) is 6.30. The standard InChI is InChI=1S/C15H22BrN/c1-4-12(3)10-14(17-5-2)11-13-8-6-7-9-15(13)16/h6-9,14,17H,3-5,10-11H2,1-2H3. The monoisotopic (exact) mass is 295 g/mol. The van der Waals surface area contributed by atoms with Crippen molar-refractivity contribution in [3.8, 4) is 0 Å². The lowest BCUT2D eigenvalue weighted by molar-refractivity contribution is 0.515. The average molecular weight is 296 g/mol. The highest BCUT2D eigenvalue weighted by molar-refractivity contribution is 9.10. The van der Waals surface area contributed by atoms with Crippen molar-refractivity contribution in [2.75, 3.05) is 6.54 Å². The maximum Gasteiger partial charge on any atom is 0.0207 e. The second kappa shape index (κ2) is 7.67. The van der Waals surface area contributed by atoms with Crippen LogP contribution in [0.15, 0.2) is 40.9 Å². The summed E-state index contributed by atoms with van der Waals surface area (Å²) in [4.78, 5) is 0. The van der Waals surface area contributed by atoms with Crippen molar-refractivity contribution in [3.63, 3.8) is 0 Å². The van der Waals surface area contributed by atoms with E-state index in [1.807, 2.05) is 0 Å². The summed E-state index contributed by atoms with van der Waals surface area (Å²) in [5.74, 6) is 0. The highest BCUT2D eigenvalue weighted by Gasteiger charge is 2.11. The van der Waals surface area contributed by atoms with Gasteiger partial charge >= 0.3 is 0 Å². The van der Waals surface area contributed by atoms with E-state index in [0.29, 0.717) is 6.04 Å². The fraction of sp³-hybridized carbons (Fsp3) is 0.467. The number of hydrogen-bond donors (Lipinski definition) is 1. The second-order valence-corrected chi connectivity index (χ2v) is 5.21. The quantitative estimate of drug-likeness (QED) is 0.739. The van der Waals surface area contributed by atoms with Crippen molar-refractivity contribution in [2.24, 2.45) is 0 Å². The van der Waals surface area contributed by atoms with Crippen LogP contribution in [0.1, 0.15) is 32.3 Å². The van der Waals surface area contributed by atoms with Crippen molar-refractivity contribution < 1.29 is 0 Å². The Morgan fingerprint density at radius 3 is 2.65 bits per heavy atom. The first kappa shape index (κ1) is 14.5. The molecular weight excluding hydrogens is 274 g/mol. The Morgan fingerprint density at radius 2 is 2.06 bits per heavy atom. The van der Waals surface area contributed by atoms with Gasteiger partial charge in [0.2, 0.25) is 0 Å². The minimum Gasteiger partial charge on any atom is -0.314 e. The third-order valence-electron chi connectivity index (χ3n) is 2.95. The van der Waals surface area contributed by atoms with Crippen LogP contribution < -0.4 is 5.32 Å². The van der Waals surface area contributed by atoms with E-state index in [9.17, 15) is 0 Å². The molecule has 0 bridgehead atoms. The minimum absolute atomic E-state index is 0.492. The molecule has 0 amide bonds. The Labute approximate surface area is 113 Å². The summed E-state index contributed by atoms with van der Waals surface area (Å²) in [6.45, 7) is 9.44. The Balaban J connectivity index is 2.66. The van der Waals surface area contributed by atoms with Crippen LogP contribution in [0.3, 0.4) is 0 Å². The Hall–Kier alpha value is -0.600. The van der Waals surface area contributed by atoms with Gasteiger partial charge in [0.15, 0.2) is 0 Å². The molecule has 94 valence electrons. The molecule has 0 saturated heterocycles.